The number of rotatable bonds is 3. The van der Waals surface area contributed by atoms with E-state index in [9.17, 15) is 0 Å². The van der Waals surface area contributed by atoms with E-state index in [2.05, 4.69) is 69.5 Å². The number of aromatic amines is 1. The molecule has 0 fully saturated rings. The Hall–Kier alpha value is -2.98. The number of fused-ring (bicyclic) bond motifs is 2. The number of likely N-dealkylation sites (N-methyl/N-ethyl adjacent to an activating group) is 1. The maximum absolute atomic E-state index is 4.28. The lowest BCUT2D eigenvalue weighted by molar-refractivity contribution is 0.253. The van der Waals surface area contributed by atoms with Gasteiger partial charge in [0.15, 0.2) is 0 Å². The number of aromatic nitrogens is 3. The van der Waals surface area contributed by atoms with Gasteiger partial charge in [-0.05, 0) is 65.0 Å². The fourth-order valence-corrected chi connectivity index (χ4v) is 4.17. The van der Waals surface area contributed by atoms with E-state index in [1.807, 2.05) is 18.3 Å². The molecule has 2 aromatic carbocycles. The van der Waals surface area contributed by atoms with Crippen molar-refractivity contribution in [3.05, 3.63) is 83.7 Å². The van der Waals surface area contributed by atoms with E-state index >= 15 is 0 Å². The lowest BCUT2D eigenvalue weighted by atomic mass is 9.83. The fraction of sp³-hybridized carbons (Fsp3) is 0.217. The first-order valence-corrected chi connectivity index (χ1v) is 9.52. The van der Waals surface area contributed by atoms with Gasteiger partial charge in [0.05, 0.1) is 5.69 Å². The molecule has 0 aliphatic carbocycles. The summed E-state index contributed by atoms with van der Waals surface area (Å²) in [4.78, 5) is 5.81. The van der Waals surface area contributed by atoms with Crippen molar-refractivity contribution in [2.45, 2.75) is 19.4 Å². The van der Waals surface area contributed by atoms with Crippen molar-refractivity contribution in [2.24, 2.45) is 0 Å². The molecule has 134 valence electrons. The van der Waals surface area contributed by atoms with Gasteiger partial charge in [-0.15, -0.1) is 0 Å². The molecule has 0 amide bonds. The molecule has 4 heteroatoms. The standard InChI is InChI=1S/C23H22N4/c1-2-27-14-19-13-17(23-4-3-10-25-26-23)5-7-20(19)21(15-27)16-6-8-22-18(12-16)9-11-24-22/h3-13,21,24H,2,14-15H2,1H3. The Bertz CT molecular complexity index is 1080. The highest BCUT2D eigenvalue weighted by Gasteiger charge is 2.26. The number of hydrogen-bond donors (Lipinski definition) is 1. The van der Waals surface area contributed by atoms with Crippen LogP contribution in [0, 0.1) is 0 Å². The third-order valence-electron chi connectivity index (χ3n) is 5.65. The minimum atomic E-state index is 0.393. The number of H-pyrrole nitrogens is 1. The van der Waals surface area contributed by atoms with Gasteiger partial charge < -0.3 is 4.98 Å². The third-order valence-corrected chi connectivity index (χ3v) is 5.65. The molecule has 1 aliphatic heterocycles. The maximum Gasteiger partial charge on any atom is 0.0929 e. The van der Waals surface area contributed by atoms with E-state index in [1.165, 1.54) is 27.6 Å². The normalized spacial score (nSPS) is 17.1. The molecule has 0 spiro atoms. The summed E-state index contributed by atoms with van der Waals surface area (Å²) in [5.41, 5.74) is 7.47. The highest BCUT2D eigenvalue weighted by Crippen LogP contribution is 2.36. The number of nitrogens with zero attached hydrogens (tertiary/aromatic N) is 3. The van der Waals surface area contributed by atoms with Gasteiger partial charge in [0.2, 0.25) is 0 Å². The second-order valence-electron chi connectivity index (χ2n) is 7.23. The van der Waals surface area contributed by atoms with Crippen LogP contribution in [0.25, 0.3) is 22.2 Å². The molecule has 0 saturated heterocycles. The molecule has 27 heavy (non-hydrogen) atoms. The minimum Gasteiger partial charge on any atom is -0.361 e. The van der Waals surface area contributed by atoms with Gasteiger partial charge in [-0.1, -0.05) is 25.1 Å². The summed E-state index contributed by atoms with van der Waals surface area (Å²) in [7, 11) is 0. The van der Waals surface area contributed by atoms with Gasteiger partial charge in [-0.3, -0.25) is 4.90 Å². The maximum atomic E-state index is 4.28. The highest BCUT2D eigenvalue weighted by molar-refractivity contribution is 5.80. The Morgan fingerprint density at radius 1 is 1.11 bits per heavy atom. The van der Waals surface area contributed by atoms with Crippen molar-refractivity contribution >= 4 is 10.9 Å². The molecule has 3 heterocycles. The van der Waals surface area contributed by atoms with Crippen LogP contribution in [-0.4, -0.2) is 33.2 Å². The second kappa shape index (κ2) is 6.63. The number of hydrogen-bond acceptors (Lipinski definition) is 3. The zero-order valence-corrected chi connectivity index (χ0v) is 15.4. The molecule has 0 bridgehead atoms. The Kier molecular flexibility index (Phi) is 3.98. The van der Waals surface area contributed by atoms with Crippen molar-refractivity contribution in [1.82, 2.24) is 20.1 Å². The van der Waals surface area contributed by atoms with Crippen molar-refractivity contribution < 1.29 is 0 Å². The predicted molar refractivity (Wildman–Crippen MR) is 109 cm³/mol. The molecule has 4 nitrogen and oxygen atoms in total. The summed E-state index contributed by atoms with van der Waals surface area (Å²) in [6.07, 6.45) is 3.72. The molecule has 0 radical (unpaired) electrons. The predicted octanol–water partition coefficient (Wildman–Crippen LogP) is 4.59. The average molecular weight is 354 g/mol. The minimum absolute atomic E-state index is 0.393. The summed E-state index contributed by atoms with van der Waals surface area (Å²) in [5, 5.41) is 9.58. The molecule has 1 N–H and O–H groups in total. The van der Waals surface area contributed by atoms with Gasteiger partial charge in [0, 0.05) is 42.5 Å². The smallest absolute Gasteiger partial charge is 0.0929 e. The zero-order chi connectivity index (χ0) is 18.2. The first kappa shape index (κ1) is 16.2. The molecular weight excluding hydrogens is 332 g/mol. The lowest BCUT2D eigenvalue weighted by Gasteiger charge is -2.34. The zero-order valence-electron chi connectivity index (χ0n) is 15.4. The molecule has 4 aromatic rings. The topological polar surface area (TPSA) is 44.8 Å². The molecule has 1 atom stereocenters. The Morgan fingerprint density at radius 2 is 2.07 bits per heavy atom. The summed E-state index contributed by atoms with van der Waals surface area (Å²) in [6.45, 7) is 5.34. The molecule has 1 aliphatic rings. The molecule has 5 rings (SSSR count). The highest BCUT2D eigenvalue weighted by atomic mass is 15.1. The van der Waals surface area contributed by atoms with E-state index < -0.39 is 0 Å². The molecule has 2 aromatic heterocycles. The molecule has 0 saturated carbocycles. The van der Waals surface area contributed by atoms with Crippen molar-refractivity contribution in [2.75, 3.05) is 13.1 Å². The summed E-state index contributed by atoms with van der Waals surface area (Å²) in [6, 6.07) is 19.7. The van der Waals surface area contributed by atoms with Crippen LogP contribution >= 0.6 is 0 Å². The van der Waals surface area contributed by atoms with Crippen LogP contribution in [0.4, 0.5) is 0 Å². The summed E-state index contributed by atoms with van der Waals surface area (Å²) >= 11 is 0. The fourth-order valence-electron chi connectivity index (χ4n) is 4.17. The number of benzene rings is 2. The van der Waals surface area contributed by atoms with Crippen LogP contribution in [0.2, 0.25) is 0 Å². The number of nitrogens with one attached hydrogen (secondary N) is 1. The molecule has 1 unspecified atom stereocenters. The second-order valence-corrected chi connectivity index (χ2v) is 7.23. The lowest BCUT2D eigenvalue weighted by Crippen LogP contribution is -2.33. The van der Waals surface area contributed by atoms with E-state index in [-0.39, 0.29) is 0 Å². The van der Waals surface area contributed by atoms with Gasteiger partial charge in [-0.2, -0.15) is 10.2 Å². The molecular formula is C23H22N4. The first-order valence-electron chi connectivity index (χ1n) is 9.52. The van der Waals surface area contributed by atoms with Crippen molar-refractivity contribution in [1.29, 1.82) is 0 Å². The van der Waals surface area contributed by atoms with Crippen molar-refractivity contribution in [3.8, 4) is 11.3 Å². The van der Waals surface area contributed by atoms with Gasteiger partial charge >= 0.3 is 0 Å². The van der Waals surface area contributed by atoms with Crippen LogP contribution < -0.4 is 0 Å². The monoisotopic (exact) mass is 354 g/mol. The van der Waals surface area contributed by atoms with Gasteiger partial charge in [-0.25, -0.2) is 0 Å². The largest absolute Gasteiger partial charge is 0.361 e. The van der Waals surface area contributed by atoms with Gasteiger partial charge in [0.1, 0.15) is 0 Å². The van der Waals surface area contributed by atoms with Crippen LogP contribution in [0.5, 0.6) is 0 Å². The van der Waals surface area contributed by atoms with Crippen LogP contribution in [0.1, 0.15) is 29.5 Å². The summed E-state index contributed by atoms with van der Waals surface area (Å²) < 4.78 is 0. The SMILES string of the molecule is CCN1Cc2cc(-c3cccnn3)ccc2C(c2ccc3[nH]ccc3c2)C1. The van der Waals surface area contributed by atoms with E-state index in [0.29, 0.717) is 5.92 Å². The Labute approximate surface area is 158 Å². The van der Waals surface area contributed by atoms with Crippen LogP contribution in [0.3, 0.4) is 0 Å². The summed E-state index contributed by atoms with van der Waals surface area (Å²) in [5.74, 6) is 0.393. The van der Waals surface area contributed by atoms with Gasteiger partial charge in [0.25, 0.3) is 0 Å². The Balaban J connectivity index is 1.59. The Morgan fingerprint density at radius 3 is 2.93 bits per heavy atom. The van der Waals surface area contributed by atoms with Crippen LogP contribution in [0.15, 0.2) is 67.0 Å². The van der Waals surface area contributed by atoms with E-state index in [1.54, 1.807) is 6.20 Å². The quantitative estimate of drug-likeness (QED) is 0.585. The third kappa shape index (κ3) is 2.92. The average Bonchev–Trinajstić information content (AvgIpc) is 3.21. The first-order chi connectivity index (χ1) is 13.3. The van der Waals surface area contributed by atoms with E-state index in [0.717, 1.165) is 30.9 Å². The van der Waals surface area contributed by atoms with Crippen molar-refractivity contribution in [3.63, 3.8) is 0 Å². The van der Waals surface area contributed by atoms with E-state index in [4.69, 9.17) is 0 Å². The van der Waals surface area contributed by atoms with Crippen LogP contribution in [-0.2, 0) is 6.54 Å².